The second-order valence-corrected chi connectivity index (χ2v) is 9.71. The lowest BCUT2D eigenvalue weighted by Gasteiger charge is -2.29. The predicted octanol–water partition coefficient (Wildman–Crippen LogP) is 3.99. The van der Waals surface area contributed by atoms with E-state index < -0.39 is 0 Å². The van der Waals surface area contributed by atoms with Gasteiger partial charge in [0.15, 0.2) is 5.17 Å². The molecule has 190 valence electrons. The molecule has 0 aliphatic carbocycles. The molecular formula is C27H32N4O4S. The van der Waals surface area contributed by atoms with Crippen LogP contribution in [0.15, 0.2) is 52.4 Å². The molecule has 5 rings (SSSR count). The van der Waals surface area contributed by atoms with E-state index in [1.807, 2.05) is 37.3 Å². The maximum Gasteiger partial charge on any atom is 0.266 e. The van der Waals surface area contributed by atoms with E-state index in [1.165, 1.54) is 11.8 Å². The highest BCUT2D eigenvalue weighted by atomic mass is 32.2. The normalized spacial score (nSPS) is 21.1. The van der Waals surface area contributed by atoms with Crippen LogP contribution >= 0.6 is 11.8 Å². The quantitative estimate of drug-likeness (QED) is 0.547. The zero-order valence-electron chi connectivity index (χ0n) is 20.8. The van der Waals surface area contributed by atoms with Crippen molar-refractivity contribution in [2.45, 2.75) is 6.92 Å². The van der Waals surface area contributed by atoms with Gasteiger partial charge in [-0.2, -0.15) is 0 Å². The molecule has 2 aromatic carbocycles. The van der Waals surface area contributed by atoms with Crippen LogP contribution in [0.3, 0.4) is 0 Å². The Morgan fingerprint density at radius 3 is 2.17 bits per heavy atom. The lowest BCUT2D eigenvalue weighted by atomic mass is 10.1. The minimum atomic E-state index is -0.0366. The summed E-state index contributed by atoms with van der Waals surface area (Å²) in [6.07, 6.45) is 1.90. The van der Waals surface area contributed by atoms with Gasteiger partial charge in [0, 0.05) is 55.7 Å². The molecule has 0 atom stereocenters. The lowest BCUT2D eigenvalue weighted by Crippen LogP contribution is -2.36. The molecule has 3 aliphatic rings. The molecule has 3 heterocycles. The van der Waals surface area contributed by atoms with Gasteiger partial charge in [-0.25, -0.2) is 4.99 Å². The molecule has 0 unspecified atom stereocenters. The summed E-state index contributed by atoms with van der Waals surface area (Å²) in [4.78, 5) is 25.0. The number of hydrogen-bond donors (Lipinski definition) is 0. The number of benzene rings is 2. The van der Waals surface area contributed by atoms with Crippen molar-refractivity contribution in [3.8, 4) is 5.75 Å². The molecule has 3 saturated heterocycles. The van der Waals surface area contributed by atoms with E-state index in [2.05, 4.69) is 28.0 Å². The van der Waals surface area contributed by atoms with Crippen LogP contribution in [0, 0.1) is 0 Å². The summed E-state index contributed by atoms with van der Waals surface area (Å²) in [5.41, 5.74) is 3.96. The Morgan fingerprint density at radius 1 is 0.944 bits per heavy atom. The number of carbonyl (C=O) groups excluding carboxylic acids is 1. The maximum atomic E-state index is 13.2. The molecule has 36 heavy (non-hydrogen) atoms. The molecule has 0 N–H and O–H groups in total. The van der Waals surface area contributed by atoms with Crippen molar-refractivity contribution in [1.29, 1.82) is 0 Å². The fourth-order valence-electron chi connectivity index (χ4n) is 4.52. The third-order valence-electron chi connectivity index (χ3n) is 6.53. The Morgan fingerprint density at radius 2 is 1.56 bits per heavy atom. The zero-order valence-corrected chi connectivity index (χ0v) is 21.6. The summed E-state index contributed by atoms with van der Waals surface area (Å²) >= 11 is 1.40. The van der Waals surface area contributed by atoms with E-state index in [1.54, 1.807) is 12.0 Å². The van der Waals surface area contributed by atoms with Gasteiger partial charge in [-0.15, -0.1) is 0 Å². The Kier molecular flexibility index (Phi) is 7.79. The average molecular weight is 509 g/mol. The Labute approximate surface area is 216 Å². The van der Waals surface area contributed by atoms with Crippen LogP contribution < -0.4 is 14.5 Å². The molecule has 2 aromatic rings. The van der Waals surface area contributed by atoms with Crippen molar-refractivity contribution in [2.75, 3.05) is 76.1 Å². The van der Waals surface area contributed by atoms with Crippen molar-refractivity contribution in [3.63, 3.8) is 0 Å². The van der Waals surface area contributed by atoms with E-state index >= 15 is 0 Å². The predicted molar refractivity (Wildman–Crippen MR) is 146 cm³/mol. The Bertz CT molecular complexity index is 1140. The van der Waals surface area contributed by atoms with E-state index in [0.717, 1.165) is 81.0 Å². The van der Waals surface area contributed by atoms with Crippen LogP contribution in [0.25, 0.3) is 6.08 Å². The van der Waals surface area contributed by atoms with Gasteiger partial charge in [0.25, 0.3) is 5.91 Å². The van der Waals surface area contributed by atoms with Gasteiger partial charge in [-0.3, -0.25) is 9.69 Å². The van der Waals surface area contributed by atoms with Crippen LogP contribution in [0.5, 0.6) is 5.75 Å². The topological polar surface area (TPSA) is 66.8 Å². The number of anilines is 2. The first-order valence-corrected chi connectivity index (χ1v) is 13.2. The van der Waals surface area contributed by atoms with Gasteiger partial charge in [0.2, 0.25) is 0 Å². The van der Waals surface area contributed by atoms with Crippen molar-refractivity contribution in [2.24, 2.45) is 4.99 Å². The molecule has 0 saturated carbocycles. The smallest absolute Gasteiger partial charge is 0.266 e. The molecule has 0 bridgehead atoms. The first kappa shape index (κ1) is 24.7. The number of amides is 1. The Balaban J connectivity index is 1.35. The monoisotopic (exact) mass is 508 g/mol. The molecule has 8 nitrogen and oxygen atoms in total. The van der Waals surface area contributed by atoms with Crippen molar-refractivity contribution >= 4 is 46.0 Å². The number of methoxy groups -OCH3 is 1. The molecular weight excluding hydrogens is 476 g/mol. The number of rotatable bonds is 6. The minimum absolute atomic E-state index is 0.0366. The highest BCUT2D eigenvalue weighted by molar-refractivity contribution is 8.18. The lowest BCUT2D eigenvalue weighted by molar-refractivity contribution is -0.122. The largest absolute Gasteiger partial charge is 0.496 e. The number of nitrogens with zero attached hydrogens (tertiary/aromatic N) is 4. The van der Waals surface area contributed by atoms with Crippen molar-refractivity contribution in [1.82, 2.24) is 4.90 Å². The summed E-state index contributed by atoms with van der Waals surface area (Å²) in [5, 5.41) is 0.691. The molecule has 3 aliphatic heterocycles. The fraction of sp³-hybridized carbons (Fsp3) is 0.407. The first-order chi connectivity index (χ1) is 17.7. The van der Waals surface area contributed by atoms with Gasteiger partial charge in [-0.1, -0.05) is 0 Å². The number of amidine groups is 1. The summed E-state index contributed by atoms with van der Waals surface area (Å²) in [6.45, 7) is 8.99. The van der Waals surface area contributed by atoms with E-state index in [4.69, 9.17) is 19.2 Å². The fourth-order valence-corrected chi connectivity index (χ4v) is 5.57. The number of carbonyl (C=O) groups is 1. The molecule has 0 aromatic heterocycles. The van der Waals surface area contributed by atoms with Crippen LogP contribution in [0.2, 0.25) is 0 Å². The molecule has 3 fully saturated rings. The van der Waals surface area contributed by atoms with Gasteiger partial charge in [-0.05, 0) is 61.2 Å². The number of thioether (sulfide) groups is 1. The molecule has 9 heteroatoms. The first-order valence-electron chi connectivity index (χ1n) is 12.4. The van der Waals surface area contributed by atoms with Crippen LogP contribution in [0.4, 0.5) is 17.1 Å². The standard InChI is InChI=1S/C27H32N4O4S/c1-3-31-26(32)25(18-20-4-7-23(19-24(20)33-2)30-12-16-35-17-13-30)36-27(31)28-21-5-8-22(9-6-21)29-10-14-34-15-11-29/h4-9,18-19H,3,10-17H2,1-2H3/b25-18+,28-27?. The van der Waals surface area contributed by atoms with Crippen LogP contribution in [-0.4, -0.2) is 82.2 Å². The van der Waals surface area contributed by atoms with E-state index in [-0.39, 0.29) is 5.91 Å². The minimum Gasteiger partial charge on any atom is -0.496 e. The number of hydrogen-bond acceptors (Lipinski definition) is 8. The second kappa shape index (κ2) is 11.4. The molecule has 0 spiro atoms. The second-order valence-electron chi connectivity index (χ2n) is 8.70. The van der Waals surface area contributed by atoms with Crippen LogP contribution in [0.1, 0.15) is 12.5 Å². The highest BCUT2D eigenvalue weighted by Gasteiger charge is 2.32. The maximum absolute atomic E-state index is 13.2. The summed E-state index contributed by atoms with van der Waals surface area (Å²) in [6, 6.07) is 14.3. The van der Waals surface area contributed by atoms with Gasteiger partial charge in [0.05, 0.1) is 44.1 Å². The number of morpholine rings is 2. The Hall–Kier alpha value is -3.01. The summed E-state index contributed by atoms with van der Waals surface area (Å²) in [7, 11) is 1.66. The third kappa shape index (κ3) is 5.38. The summed E-state index contributed by atoms with van der Waals surface area (Å²) < 4.78 is 16.6. The number of likely N-dealkylation sites (N-methyl/N-ethyl adjacent to an activating group) is 1. The van der Waals surface area contributed by atoms with Crippen molar-refractivity contribution < 1.29 is 19.0 Å². The van der Waals surface area contributed by atoms with Crippen molar-refractivity contribution in [3.05, 3.63) is 52.9 Å². The van der Waals surface area contributed by atoms with E-state index in [0.29, 0.717) is 16.6 Å². The summed E-state index contributed by atoms with van der Waals surface area (Å²) in [5.74, 6) is 0.706. The van der Waals surface area contributed by atoms with Crippen LogP contribution in [-0.2, 0) is 14.3 Å². The third-order valence-corrected chi connectivity index (χ3v) is 7.54. The van der Waals surface area contributed by atoms with Gasteiger partial charge in [0.1, 0.15) is 5.75 Å². The van der Waals surface area contributed by atoms with Gasteiger partial charge >= 0.3 is 0 Å². The zero-order chi connectivity index (χ0) is 24.9. The number of aliphatic imine (C=N–C) groups is 1. The molecule has 1 amide bonds. The SMILES string of the molecule is CCN1C(=O)/C(=C\c2ccc(N3CCOCC3)cc2OC)SC1=Nc1ccc(N2CCOCC2)cc1. The van der Waals surface area contributed by atoms with E-state index in [9.17, 15) is 4.79 Å². The number of ether oxygens (including phenoxy) is 3. The molecule has 0 radical (unpaired) electrons. The van der Waals surface area contributed by atoms with Gasteiger partial charge < -0.3 is 24.0 Å². The average Bonchev–Trinajstić information content (AvgIpc) is 3.23. The highest BCUT2D eigenvalue weighted by Crippen LogP contribution is 2.36.